The number of pyridine rings is 1. The molecule has 0 aliphatic carbocycles. The minimum Gasteiger partial charge on any atom is -0.383 e. The molecule has 3 aromatic rings. The van der Waals surface area contributed by atoms with Crippen LogP contribution in [0, 0.1) is 10.1 Å². The van der Waals surface area contributed by atoms with Gasteiger partial charge in [-0.25, -0.2) is 0 Å². The van der Waals surface area contributed by atoms with Crippen molar-refractivity contribution in [1.29, 1.82) is 0 Å². The topological polar surface area (TPSA) is 89.5 Å². The van der Waals surface area contributed by atoms with E-state index in [1.807, 2.05) is 47.2 Å². The van der Waals surface area contributed by atoms with Gasteiger partial charge in [-0.2, -0.15) is 4.99 Å². The van der Waals surface area contributed by atoms with Gasteiger partial charge in [-0.05, 0) is 29.8 Å². The fraction of sp³-hybridized carbons (Fsp3) is 0.100. The molecule has 0 atom stereocenters. The van der Waals surface area contributed by atoms with Crippen LogP contribution in [0.4, 0.5) is 11.4 Å². The first-order valence-corrected chi connectivity index (χ1v) is 8.33. The summed E-state index contributed by atoms with van der Waals surface area (Å²) in [5, 5.41) is 13.9. The molecule has 2 aromatic carbocycles. The molecule has 0 fully saturated rings. The predicted molar refractivity (Wildman–Crippen MR) is 103 cm³/mol. The Labute approximate surface area is 155 Å². The van der Waals surface area contributed by atoms with Crippen LogP contribution in [-0.2, 0) is 6.54 Å². The maximum Gasteiger partial charge on any atom is 0.293 e. The molecule has 0 aliphatic rings. The quantitative estimate of drug-likeness (QED) is 0.557. The maximum absolute atomic E-state index is 12.6. The highest BCUT2D eigenvalue weighted by Crippen LogP contribution is 2.25. The van der Waals surface area contributed by atoms with Crippen LogP contribution >= 0.6 is 0 Å². The molecule has 0 radical (unpaired) electrons. The molecule has 7 nitrogen and oxygen atoms in total. The highest BCUT2D eigenvalue weighted by molar-refractivity contribution is 5.96. The SMILES string of the molecule is CNc1ccc(C(=O)N=c2ccccn2Cc2ccccc2)cc1[N+](=O)[O-]. The van der Waals surface area contributed by atoms with Gasteiger partial charge in [0.1, 0.15) is 11.2 Å². The molecule has 3 rings (SSSR count). The second kappa shape index (κ2) is 8.09. The van der Waals surface area contributed by atoms with Gasteiger partial charge in [0.15, 0.2) is 0 Å². The number of carbonyl (C=O) groups excluding carboxylic acids is 1. The van der Waals surface area contributed by atoms with Crippen LogP contribution in [0.25, 0.3) is 0 Å². The van der Waals surface area contributed by atoms with Gasteiger partial charge < -0.3 is 9.88 Å². The van der Waals surface area contributed by atoms with Gasteiger partial charge in [-0.1, -0.05) is 36.4 Å². The van der Waals surface area contributed by atoms with E-state index in [4.69, 9.17) is 0 Å². The molecule has 0 saturated carbocycles. The van der Waals surface area contributed by atoms with Crippen molar-refractivity contribution in [2.24, 2.45) is 4.99 Å². The zero-order valence-electron chi connectivity index (χ0n) is 14.7. The van der Waals surface area contributed by atoms with E-state index in [1.54, 1.807) is 19.2 Å². The van der Waals surface area contributed by atoms with Gasteiger partial charge in [0, 0.05) is 31.4 Å². The number of nitro groups is 1. The number of hydrogen-bond acceptors (Lipinski definition) is 4. The molecule has 0 saturated heterocycles. The Morgan fingerprint density at radius 3 is 2.56 bits per heavy atom. The lowest BCUT2D eigenvalue weighted by atomic mass is 10.1. The van der Waals surface area contributed by atoms with E-state index in [-0.39, 0.29) is 11.3 Å². The fourth-order valence-corrected chi connectivity index (χ4v) is 2.68. The standard InChI is InChI=1S/C20H18N4O3/c1-21-17-11-10-16(13-18(17)24(26)27)20(25)22-19-9-5-6-12-23(19)14-15-7-3-2-4-8-15/h2-13,21H,14H2,1H3. The lowest BCUT2D eigenvalue weighted by Gasteiger charge is -2.07. The Bertz CT molecular complexity index is 1040. The van der Waals surface area contributed by atoms with Gasteiger partial charge in [0.05, 0.1) is 4.92 Å². The number of carbonyl (C=O) groups is 1. The van der Waals surface area contributed by atoms with Gasteiger partial charge in [-0.15, -0.1) is 0 Å². The molecule has 27 heavy (non-hydrogen) atoms. The van der Waals surface area contributed by atoms with Crippen LogP contribution in [0.2, 0.25) is 0 Å². The average molecular weight is 362 g/mol. The van der Waals surface area contributed by atoms with E-state index < -0.39 is 10.8 Å². The summed E-state index contributed by atoms with van der Waals surface area (Å²) < 4.78 is 1.85. The summed E-state index contributed by atoms with van der Waals surface area (Å²) in [5.41, 5.74) is 1.90. The third-order valence-corrected chi connectivity index (χ3v) is 4.04. The number of hydrogen-bond donors (Lipinski definition) is 1. The number of amides is 1. The highest BCUT2D eigenvalue weighted by atomic mass is 16.6. The summed E-state index contributed by atoms with van der Waals surface area (Å²) in [7, 11) is 1.59. The van der Waals surface area contributed by atoms with E-state index in [1.165, 1.54) is 18.2 Å². The van der Waals surface area contributed by atoms with Crippen molar-refractivity contribution >= 4 is 17.3 Å². The zero-order valence-corrected chi connectivity index (χ0v) is 14.7. The summed E-state index contributed by atoms with van der Waals surface area (Å²) in [4.78, 5) is 27.4. The van der Waals surface area contributed by atoms with E-state index in [0.717, 1.165) is 5.56 Å². The van der Waals surface area contributed by atoms with E-state index in [2.05, 4.69) is 10.3 Å². The third kappa shape index (κ3) is 4.27. The molecule has 1 heterocycles. The molecular formula is C20H18N4O3. The van der Waals surface area contributed by atoms with E-state index in [0.29, 0.717) is 17.7 Å². The lowest BCUT2D eigenvalue weighted by molar-refractivity contribution is -0.384. The molecule has 0 unspecified atom stereocenters. The lowest BCUT2D eigenvalue weighted by Crippen LogP contribution is -2.22. The van der Waals surface area contributed by atoms with Crippen molar-refractivity contribution < 1.29 is 9.72 Å². The van der Waals surface area contributed by atoms with Gasteiger partial charge in [0.25, 0.3) is 11.6 Å². The second-order valence-electron chi connectivity index (χ2n) is 5.83. The first-order valence-electron chi connectivity index (χ1n) is 8.33. The summed E-state index contributed by atoms with van der Waals surface area (Å²) in [5.74, 6) is -0.534. The second-order valence-corrected chi connectivity index (χ2v) is 5.83. The van der Waals surface area contributed by atoms with Crippen LogP contribution in [0.5, 0.6) is 0 Å². The van der Waals surface area contributed by atoms with Crippen molar-refractivity contribution in [3.63, 3.8) is 0 Å². The smallest absolute Gasteiger partial charge is 0.293 e. The van der Waals surface area contributed by atoms with Crippen LogP contribution in [0.1, 0.15) is 15.9 Å². The minimum atomic E-state index is -0.534. The largest absolute Gasteiger partial charge is 0.383 e. The number of nitrogens with one attached hydrogen (secondary N) is 1. The molecular weight excluding hydrogens is 344 g/mol. The molecule has 0 aliphatic heterocycles. The molecule has 0 spiro atoms. The third-order valence-electron chi connectivity index (χ3n) is 4.04. The Morgan fingerprint density at radius 1 is 1.11 bits per heavy atom. The summed E-state index contributed by atoms with van der Waals surface area (Å²) in [6.45, 7) is 0.562. The highest BCUT2D eigenvalue weighted by Gasteiger charge is 2.16. The van der Waals surface area contributed by atoms with Crippen molar-refractivity contribution in [2.45, 2.75) is 6.54 Å². The van der Waals surface area contributed by atoms with Crippen molar-refractivity contribution in [3.05, 3.63) is 99.7 Å². The molecule has 136 valence electrons. The van der Waals surface area contributed by atoms with Crippen molar-refractivity contribution in [3.8, 4) is 0 Å². The average Bonchev–Trinajstić information content (AvgIpc) is 2.69. The van der Waals surface area contributed by atoms with Crippen LogP contribution < -0.4 is 10.8 Å². The molecule has 1 aromatic heterocycles. The van der Waals surface area contributed by atoms with Gasteiger partial charge in [-0.3, -0.25) is 14.9 Å². The normalized spacial score (nSPS) is 11.2. The zero-order chi connectivity index (χ0) is 19.2. The first-order chi connectivity index (χ1) is 13.1. The Morgan fingerprint density at radius 2 is 1.85 bits per heavy atom. The predicted octanol–water partition coefficient (Wildman–Crippen LogP) is 3.23. The Balaban J connectivity index is 1.97. The molecule has 0 bridgehead atoms. The van der Waals surface area contributed by atoms with E-state index in [9.17, 15) is 14.9 Å². The molecule has 1 N–H and O–H groups in total. The van der Waals surface area contributed by atoms with Crippen LogP contribution in [0.3, 0.4) is 0 Å². The minimum absolute atomic E-state index is 0.163. The van der Waals surface area contributed by atoms with Crippen molar-refractivity contribution in [1.82, 2.24) is 4.57 Å². The fourth-order valence-electron chi connectivity index (χ4n) is 2.68. The summed E-state index contributed by atoms with van der Waals surface area (Å²) >= 11 is 0. The number of nitro benzene ring substituents is 1. The first kappa shape index (κ1) is 18.1. The summed E-state index contributed by atoms with van der Waals surface area (Å²) in [6.07, 6.45) is 1.84. The van der Waals surface area contributed by atoms with E-state index >= 15 is 0 Å². The van der Waals surface area contributed by atoms with Gasteiger partial charge in [0.2, 0.25) is 0 Å². The number of rotatable bonds is 5. The molecule has 1 amide bonds. The van der Waals surface area contributed by atoms with Crippen LogP contribution in [-0.4, -0.2) is 22.4 Å². The monoisotopic (exact) mass is 362 g/mol. The Kier molecular flexibility index (Phi) is 5.41. The van der Waals surface area contributed by atoms with Crippen LogP contribution in [0.15, 0.2) is 77.9 Å². The number of aromatic nitrogens is 1. The summed E-state index contributed by atoms with van der Waals surface area (Å²) in [6, 6.07) is 19.5. The number of benzene rings is 2. The molecule has 7 heteroatoms. The Hall–Kier alpha value is -3.74. The number of nitrogens with zero attached hydrogens (tertiary/aromatic N) is 3. The van der Waals surface area contributed by atoms with Crippen molar-refractivity contribution in [2.75, 3.05) is 12.4 Å². The maximum atomic E-state index is 12.6. The number of anilines is 1. The van der Waals surface area contributed by atoms with Gasteiger partial charge >= 0.3 is 0 Å².